The third-order valence-corrected chi connectivity index (χ3v) is 3.07. The van der Waals surface area contributed by atoms with E-state index in [4.69, 9.17) is 11.6 Å². The zero-order valence-electron chi connectivity index (χ0n) is 6.72. The Morgan fingerprint density at radius 3 is 2.85 bits per heavy atom. The van der Waals surface area contributed by atoms with Crippen molar-refractivity contribution in [2.24, 2.45) is 0 Å². The van der Waals surface area contributed by atoms with Crippen LogP contribution < -0.4 is 4.72 Å². The van der Waals surface area contributed by atoms with Crippen molar-refractivity contribution in [1.82, 2.24) is 19.7 Å². The first-order chi connectivity index (χ1) is 6.14. The van der Waals surface area contributed by atoms with E-state index in [1.165, 1.54) is 10.9 Å². The maximum atomic E-state index is 10.8. The lowest BCUT2D eigenvalue weighted by Gasteiger charge is -2.02. The number of nitrogens with zero attached hydrogens (tertiary/aromatic N) is 3. The van der Waals surface area contributed by atoms with Crippen LogP contribution in [0.1, 0.15) is 0 Å². The molecule has 1 aromatic heterocycles. The summed E-state index contributed by atoms with van der Waals surface area (Å²) in [4.78, 5) is 0. The Balaban J connectivity index is 2.30. The molecule has 0 unspecified atom stereocenters. The minimum atomic E-state index is -3.32. The van der Waals surface area contributed by atoms with Gasteiger partial charge in [0.05, 0.1) is 12.7 Å². The second-order valence-electron chi connectivity index (χ2n) is 2.28. The van der Waals surface area contributed by atoms with Crippen molar-refractivity contribution in [3.63, 3.8) is 0 Å². The van der Waals surface area contributed by atoms with Crippen LogP contribution in [-0.2, 0) is 16.6 Å². The maximum Gasteiger partial charge on any atom is 0.225 e. The van der Waals surface area contributed by atoms with Gasteiger partial charge in [-0.15, -0.1) is 16.7 Å². The quantitative estimate of drug-likeness (QED) is 0.678. The summed E-state index contributed by atoms with van der Waals surface area (Å²) in [5, 5.41) is 6.80. The van der Waals surface area contributed by atoms with E-state index in [0.717, 1.165) is 0 Å². The molecule has 0 saturated carbocycles. The highest BCUT2D eigenvalue weighted by Gasteiger charge is 2.05. The van der Waals surface area contributed by atoms with E-state index in [-0.39, 0.29) is 6.54 Å². The Morgan fingerprint density at radius 2 is 2.31 bits per heavy atom. The molecule has 0 saturated heterocycles. The van der Waals surface area contributed by atoms with Gasteiger partial charge in [-0.25, -0.2) is 13.1 Å². The van der Waals surface area contributed by atoms with Gasteiger partial charge in [0.15, 0.2) is 0 Å². The highest BCUT2D eigenvalue weighted by molar-refractivity contribution is 7.90. The molecule has 0 spiro atoms. The van der Waals surface area contributed by atoms with Crippen LogP contribution in [0.3, 0.4) is 0 Å². The molecule has 0 amide bonds. The van der Waals surface area contributed by atoms with Crippen LogP contribution in [0.2, 0.25) is 0 Å². The van der Waals surface area contributed by atoms with Gasteiger partial charge in [-0.05, 0) is 0 Å². The lowest BCUT2D eigenvalue weighted by atomic mass is 10.6. The van der Waals surface area contributed by atoms with Gasteiger partial charge in [-0.1, -0.05) is 5.21 Å². The number of alkyl halides is 1. The SMILES string of the molecule is O=S(=O)(CCl)NCCn1ccnn1. The van der Waals surface area contributed by atoms with Gasteiger partial charge in [0.1, 0.15) is 5.21 Å². The van der Waals surface area contributed by atoms with Gasteiger partial charge in [0.2, 0.25) is 10.0 Å². The highest BCUT2D eigenvalue weighted by Crippen LogP contribution is 1.87. The summed E-state index contributed by atoms with van der Waals surface area (Å²) >= 11 is 5.17. The number of halogens is 1. The lowest BCUT2D eigenvalue weighted by Crippen LogP contribution is -2.28. The Morgan fingerprint density at radius 1 is 1.54 bits per heavy atom. The predicted molar refractivity (Wildman–Crippen MR) is 47.7 cm³/mol. The molecule has 0 atom stereocenters. The molecule has 0 aliphatic heterocycles. The van der Waals surface area contributed by atoms with E-state index in [1.54, 1.807) is 6.20 Å². The van der Waals surface area contributed by atoms with E-state index in [2.05, 4.69) is 15.0 Å². The van der Waals surface area contributed by atoms with Crippen LogP contribution in [0.5, 0.6) is 0 Å². The van der Waals surface area contributed by atoms with Crippen LogP contribution in [0.15, 0.2) is 12.4 Å². The fourth-order valence-corrected chi connectivity index (χ4v) is 1.42. The van der Waals surface area contributed by atoms with Gasteiger partial charge in [-0.3, -0.25) is 4.68 Å². The standard InChI is InChI=1S/C5H9ClN4O2S/c6-5-13(11,12)8-2-4-10-3-1-7-9-10/h1,3,8H,2,4-5H2. The predicted octanol–water partition coefficient (Wildman–Crippen LogP) is -0.606. The monoisotopic (exact) mass is 224 g/mol. The number of rotatable bonds is 5. The fourth-order valence-electron chi connectivity index (χ4n) is 0.706. The van der Waals surface area contributed by atoms with Gasteiger partial charge < -0.3 is 0 Å². The van der Waals surface area contributed by atoms with Crippen molar-refractivity contribution in [2.45, 2.75) is 6.54 Å². The summed E-state index contributed by atoms with van der Waals surface area (Å²) in [6, 6.07) is 0. The first-order valence-electron chi connectivity index (χ1n) is 3.51. The van der Waals surface area contributed by atoms with Gasteiger partial charge in [-0.2, -0.15) is 0 Å². The van der Waals surface area contributed by atoms with E-state index >= 15 is 0 Å². The number of nitrogens with one attached hydrogen (secondary N) is 1. The molecule has 0 aromatic carbocycles. The number of hydrogen-bond donors (Lipinski definition) is 1. The van der Waals surface area contributed by atoms with Gasteiger partial charge >= 0.3 is 0 Å². The molecule has 8 heteroatoms. The Kier molecular flexibility index (Phi) is 3.64. The molecule has 1 heterocycles. The molecule has 0 fully saturated rings. The molecule has 0 aliphatic carbocycles. The first-order valence-corrected chi connectivity index (χ1v) is 5.70. The third kappa shape index (κ3) is 3.71. The van der Waals surface area contributed by atoms with Crippen molar-refractivity contribution in [3.05, 3.63) is 12.4 Å². The normalized spacial score (nSPS) is 11.8. The minimum absolute atomic E-state index is 0.262. The maximum absolute atomic E-state index is 10.8. The van der Waals surface area contributed by atoms with Crippen molar-refractivity contribution >= 4 is 21.6 Å². The summed E-state index contributed by atoms with van der Waals surface area (Å²) in [6.45, 7) is 0.703. The van der Waals surface area contributed by atoms with E-state index in [1.807, 2.05) is 0 Å². The lowest BCUT2D eigenvalue weighted by molar-refractivity contribution is 0.555. The van der Waals surface area contributed by atoms with Crippen molar-refractivity contribution in [3.8, 4) is 0 Å². The summed E-state index contributed by atoms with van der Waals surface area (Å²) in [6.07, 6.45) is 3.17. The second-order valence-corrected chi connectivity index (χ2v) is 4.68. The minimum Gasteiger partial charge on any atom is -0.251 e. The summed E-state index contributed by atoms with van der Waals surface area (Å²) in [7, 11) is -3.32. The number of sulfonamides is 1. The zero-order chi connectivity index (χ0) is 9.73. The van der Waals surface area contributed by atoms with E-state index < -0.39 is 15.2 Å². The van der Waals surface area contributed by atoms with Gasteiger partial charge in [0.25, 0.3) is 0 Å². The Hall–Kier alpha value is -0.660. The second kappa shape index (κ2) is 4.54. The van der Waals surface area contributed by atoms with Crippen LogP contribution in [-0.4, -0.2) is 35.2 Å². The molecule has 1 N–H and O–H groups in total. The molecule has 13 heavy (non-hydrogen) atoms. The molecule has 0 bridgehead atoms. The van der Waals surface area contributed by atoms with Crippen LogP contribution in [0.4, 0.5) is 0 Å². The number of aromatic nitrogens is 3. The summed E-state index contributed by atoms with van der Waals surface area (Å²) < 4.78 is 25.5. The fraction of sp³-hybridized carbons (Fsp3) is 0.600. The molecule has 0 aliphatic rings. The summed E-state index contributed by atoms with van der Waals surface area (Å²) in [5.41, 5.74) is 0. The average Bonchev–Trinajstić information content (AvgIpc) is 2.57. The molecule has 74 valence electrons. The van der Waals surface area contributed by atoms with Crippen LogP contribution in [0.25, 0.3) is 0 Å². The van der Waals surface area contributed by atoms with Crippen molar-refractivity contribution < 1.29 is 8.42 Å². The average molecular weight is 225 g/mol. The van der Waals surface area contributed by atoms with Gasteiger partial charge in [0, 0.05) is 12.7 Å². The molecule has 0 radical (unpaired) electrons. The van der Waals surface area contributed by atoms with Crippen LogP contribution in [0, 0.1) is 0 Å². The Labute approximate surface area is 80.9 Å². The van der Waals surface area contributed by atoms with Crippen molar-refractivity contribution in [1.29, 1.82) is 0 Å². The zero-order valence-corrected chi connectivity index (χ0v) is 8.29. The molecule has 1 aromatic rings. The van der Waals surface area contributed by atoms with Crippen molar-refractivity contribution in [2.75, 3.05) is 11.8 Å². The van der Waals surface area contributed by atoms with E-state index in [9.17, 15) is 8.42 Å². The Bertz CT molecular complexity index is 335. The molecule has 1 rings (SSSR count). The molecular formula is C5H9ClN4O2S. The topological polar surface area (TPSA) is 76.9 Å². The molecular weight excluding hydrogens is 216 g/mol. The third-order valence-electron chi connectivity index (χ3n) is 1.28. The smallest absolute Gasteiger partial charge is 0.225 e. The highest BCUT2D eigenvalue weighted by atomic mass is 35.5. The summed E-state index contributed by atoms with van der Waals surface area (Å²) in [5.74, 6) is 0. The number of hydrogen-bond acceptors (Lipinski definition) is 4. The molecule has 6 nitrogen and oxygen atoms in total. The first kappa shape index (κ1) is 10.4. The van der Waals surface area contributed by atoms with Crippen LogP contribution >= 0.6 is 11.6 Å². The van der Waals surface area contributed by atoms with E-state index in [0.29, 0.717) is 6.54 Å². The largest absolute Gasteiger partial charge is 0.251 e.